The summed E-state index contributed by atoms with van der Waals surface area (Å²) in [7, 11) is 4.91. The molecule has 0 saturated heterocycles. The molecule has 1 atom stereocenters. The predicted octanol–water partition coefficient (Wildman–Crippen LogP) is -0.416. The molecular weight excluding hydrogens is 224 g/mol. The molecule has 102 valence electrons. The number of nitrogens with zero attached hydrogens (tertiary/aromatic N) is 1. The van der Waals surface area contributed by atoms with E-state index in [4.69, 9.17) is 10.8 Å². The van der Waals surface area contributed by atoms with Gasteiger partial charge in [-0.1, -0.05) is 0 Å². The highest BCUT2D eigenvalue weighted by atomic mass is 16.6. The van der Waals surface area contributed by atoms with Gasteiger partial charge < -0.3 is 21.0 Å². The molecule has 0 bridgehead atoms. The van der Waals surface area contributed by atoms with Crippen LogP contribution in [0.1, 0.15) is 19.8 Å². The molecule has 7 heteroatoms. The Kier molecular flexibility index (Phi) is 13.8. The molecule has 0 aliphatic rings. The second kappa shape index (κ2) is 12.9. The minimum atomic E-state index is -0.823. The first-order valence-electron chi connectivity index (χ1n) is 5.35. The highest BCUT2D eigenvalue weighted by molar-refractivity contribution is 5.77. The molecule has 0 rings (SSSR count). The Morgan fingerprint density at radius 1 is 1.53 bits per heavy atom. The third kappa shape index (κ3) is 14.8. The Bertz CT molecular complexity index is 216. The van der Waals surface area contributed by atoms with Crippen LogP contribution in [-0.4, -0.2) is 50.7 Å². The zero-order chi connectivity index (χ0) is 13.7. The van der Waals surface area contributed by atoms with Crippen LogP contribution in [0, 0.1) is 0 Å². The number of carbonyl (C=O) groups is 1. The molecule has 7 nitrogen and oxygen atoms in total. The molecule has 0 spiro atoms. The first-order chi connectivity index (χ1) is 7.99. The van der Waals surface area contributed by atoms with Crippen LogP contribution in [0.25, 0.3) is 0 Å². The quantitative estimate of drug-likeness (QED) is 0.211. The van der Waals surface area contributed by atoms with Gasteiger partial charge in [-0.15, -0.1) is 0 Å². The van der Waals surface area contributed by atoms with E-state index in [1.807, 2.05) is 0 Å². The van der Waals surface area contributed by atoms with Crippen LogP contribution in [-0.2, 0) is 9.63 Å². The van der Waals surface area contributed by atoms with E-state index in [0.717, 1.165) is 6.42 Å². The van der Waals surface area contributed by atoms with Crippen LogP contribution in [0.2, 0.25) is 0 Å². The van der Waals surface area contributed by atoms with Crippen molar-refractivity contribution < 1.29 is 14.7 Å². The van der Waals surface area contributed by atoms with Crippen molar-refractivity contribution in [3.05, 3.63) is 0 Å². The zero-order valence-corrected chi connectivity index (χ0v) is 11.0. The molecule has 0 aromatic rings. The highest BCUT2D eigenvalue weighted by Crippen LogP contribution is 1.97. The van der Waals surface area contributed by atoms with Crippen molar-refractivity contribution in [3.63, 3.8) is 0 Å². The minimum Gasteiger partial charge on any atom is -0.480 e. The lowest BCUT2D eigenvalue weighted by molar-refractivity contribution is -0.139. The fraction of sp³-hybridized carbons (Fsp3) is 0.800. The first-order valence-corrected chi connectivity index (χ1v) is 5.35. The van der Waals surface area contributed by atoms with Gasteiger partial charge in [-0.25, -0.2) is 5.48 Å². The molecule has 17 heavy (non-hydrogen) atoms. The predicted molar refractivity (Wildman–Crippen MR) is 67.9 cm³/mol. The molecule has 0 fully saturated rings. The summed E-state index contributed by atoms with van der Waals surface area (Å²) in [5, 5.41) is 11.4. The number of nitrogens with two attached hydrogens (primary N) is 1. The summed E-state index contributed by atoms with van der Waals surface area (Å²) >= 11 is 0. The van der Waals surface area contributed by atoms with Crippen molar-refractivity contribution in [1.82, 2.24) is 10.8 Å². The van der Waals surface area contributed by atoms with Crippen molar-refractivity contribution in [2.45, 2.75) is 25.8 Å². The van der Waals surface area contributed by atoms with Gasteiger partial charge in [0.2, 0.25) is 0 Å². The third-order valence-electron chi connectivity index (χ3n) is 1.86. The number of carboxylic acid groups (broad SMARTS) is 1. The van der Waals surface area contributed by atoms with Crippen molar-refractivity contribution >= 4 is 11.8 Å². The fourth-order valence-electron chi connectivity index (χ4n) is 0.942. The van der Waals surface area contributed by atoms with Gasteiger partial charge in [-0.2, -0.15) is 0 Å². The second-order valence-electron chi connectivity index (χ2n) is 3.25. The van der Waals surface area contributed by atoms with Crippen LogP contribution in [0.3, 0.4) is 0 Å². The number of rotatable bonds is 7. The average Bonchev–Trinajstić information content (AvgIpc) is 2.28. The van der Waals surface area contributed by atoms with Gasteiger partial charge in [0.05, 0.1) is 12.9 Å². The lowest BCUT2D eigenvalue weighted by atomic mass is 10.1. The van der Waals surface area contributed by atoms with E-state index in [0.29, 0.717) is 18.8 Å². The summed E-state index contributed by atoms with van der Waals surface area (Å²) in [6, 6.07) is -0.478. The molecule has 0 amide bonds. The largest absolute Gasteiger partial charge is 0.480 e. The van der Waals surface area contributed by atoms with E-state index in [1.165, 1.54) is 0 Å². The van der Waals surface area contributed by atoms with Gasteiger partial charge in [0.15, 0.2) is 0 Å². The van der Waals surface area contributed by atoms with E-state index in [1.54, 1.807) is 28.1 Å². The summed E-state index contributed by atoms with van der Waals surface area (Å²) in [6.07, 6.45) is 1.30. The number of nitrogens with one attached hydrogen (secondary N) is 2. The molecule has 0 heterocycles. The normalized spacial score (nSPS) is 12.6. The monoisotopic (exact) mass is 248 g/mol. The molecule has 0 aliphatic carbocycles. The molecule has 0 radical (unpaired) electrons. The van der Waals surface area contributed by atoms with Gasteiger partial charge >= 0.3 is 5.97 Å². The minimum absolute atomic E-state index is 0.478. The van der Waals surface area contributed by atoms with Crippen LogP contribution in [0.15, 0.2) is 4.99 Å². The molecule has 0 unspecified atom stereocenters. The molecule has 5 N–H and O–H groups in total. The van der Waals surface area contributed by atoms with Crippen LogP contribution in [0.4, 0.5) is 0 Å². The van der Waals surface area contributed by atoms with Gasteiger partial charge in [-0.3, -0.25) is 9.79 Å². The average molecular weight is 248 g/mol. The zero-order valence-electron chi connectivity index (χ0n) is 11.0. The number of carboxylic acids is 1. The SMILES string of the molecule is CNOC.CN[C@@H](CCCN=C(C)N)C(=O)O. The van der Waals surface area contributed by atoms with Gasteiger partial charge in [0, 0.05) is 13.6 Å². The lowest BCUT2D eigenvalue weighted by Crippen LogP contribution is -2.33. The number of aliphatic carboxylic acids is 1. The number of aliphatic imine (C=N–C) groups is 1. The molecule has 0 aliphatic heterocycles. The van der Waals surface area contributed by atoms with Gasteiger partial charge in [-0.05, 0) is 26.8 Å². The van der Waals surface area contributed by atoms with Crippen molar-refractivity contribution in [2.75, 3.05) is 27.7 Å². The van der Waals surface area contributed by atoms with Crippen molar-refractivity contribution in [1.29, 1.82) is 0 Å². The number of likely N-dealkylation sites (N-methyl/N-ethyl adjacent to an activating group) is 1. The Hall–Kier alpha value is -1.18. The molecule has 0 saturated carbocycles. The molecule has 0 aromatic carbocycles. The van der Waals surface area contributed by atoms with E-state index < -0.39 is 12.0 Å². The summed E-state index contributed by atoms with van der Waals surface area (Å²) in [4.78, 5) is 18.8. The number of hydrogen-bond acceptors (Lipinski definition) is 5. The lowest BCUT2D eigenvalue weighted by Gasteiger charge is -2.09. The summed E-state index contributed by atoms with van der Waals surface area (Å²) in [6.45, 7) is 2.31. The molecular formula is C10H24N4O3. The van der Waals surface area contributed by atoms with Crippen LogP contribution in [0.5, 0.6) is 0 Å². The highest BCUT2D eigenvalue weighted by Gasteiger charge is 2.12. The van der Waals surface area contributed by atoms with E-state index in [2.05, 4.69) is 20.6 Å². The van der Waals surface area contributed by atoms with Crippen molar-refractivity contribution in [3.8, 4) is 0 Å². The van der Waals surface area contributed by atoms with Crippen molar-refractivity contribution in [2.24, 2.45) is 10.7 Å². The summed E-state index contributed by atoms with van der Waals surface area (Å²) in [5.41, 5.74) is 7.75. The summed E-state index contributed by atoms with van der Waals surface area (Å²) < 4.78 is 0. The maximum Gasteiger partial charge on any atom is 0.320 e. The van der Waals surface area contributed by atoms with Crippen LogP contribution >= 0.6 is 0 Å². The van der Waals surface area contributed by atoms with Crippen LogP contribution < -0.4 is 16.5 Å². The fourth-order valence-corrected chi connectivity index (χ4v) is 0.942. The molecule has 0 aromatic heterocycles. The Morgan fingerprint density at radius 3 is 2.35 bits per heavy atom. The standard InChI is InChI=1S/C8H17N3O2.C2H7NO/c1-6(9)11-5-3-4-7(10-2)8(12)13;1-3-4-2/h7,10H,3-5H2,1-2H3,(H2,9,11)(H,12,13);3H,1-2H3/t7-;/m0./s1. The van der Waals surface area contributed by atoms with Gasteiger partial charge in [0.1, 0.15) is 6.04 Å². The Balaban J connectivity index is 0. The summed E-state index contributed by atoms with van der Waals surface area (Å²) in [5.74, 6) is -0.285. The number of hydroxylamine groups is 1. The van der Waals surface area contributed by atoms with E-state index >= 15 is 0 Å². The Morgan fingerprint density at radius 2 is 2.06 bits per heavy atom. The Labute approximate surface area is 102 Å². The third-order valence-corrected chi connectivity index (χ3v) is 1.86. The first kappa shape index (κ1) is 18.2. The maximum absolute atomic E-state index is 10.5. The van der Waals surface area contributed by atoms with E-state index in [-0.39, 0.29) is 0 Å². The number of hydrogen-bond donors (Lipinski definition) is 4. The maximum atomic E-state index is 10.5. The number of amidine groups is 1. The topological polar surface area (TPSA) is 109 Å². The smallest absolute Gasteiger partial charge is 0.320 e. The second-order valence-corrected chi connectivity index (χ2v) is 3.25. The van der Waals surface area contributed by atoms with Gasteiger partial charge in [0.25, 0.3) is 0 Å². The van der Waals surface area contributed by atoms with E-state index in [9.17, 15) is 4.79 Å².